The summed E-state index contributed by atoms with van der Waals surface area (Å²) in [6.45, 7) is 4.25. The largest absolute Gasteiger partial charge is 0.493 e. The zero-order chi connectivity index (χ0) is 16.8. The third-order valence-electron chi connectivity index (χ3n) is 3.89. The molecule has 2 N–H and O–H groups in total. The van der Waals surface area contributed by atoms with Crippen molar-refractivity contribution in [2.75, 3.05) is 13.7 Å². The molecule has 1 fully saturated rings. The molecule has 6 heteroatoms. The van der Waals surface area contributed by atoms with Crippen LogP contribution in [-0.2, 0) is 13.1 Å². The molecule has 1 aromatic carbocycles. The van der Waals surface area contributed by atoms with Crippen molar-refractivity contribution in [2.24, 2.45) is 10.9 Å². The Bertz CT molecular complexity index is 694. The lowest BCUT2D eigenvalue weighted by molar-refractivity contribution is 0.296. The third kappa shape index (κ3) is 4.96. The van der Waals surface area contributed by atoms with E-state index in [4.69, 9.17) is 4.74 Å². The maximum absolute atomic E-state index is 5.95. The topological polar surface area (TPSA) is 58.5 Å². The number of nitrogens with one attached hydrogen (secondary N) is 2. The zero-order valence-corrected chi connectivity index (χ0v) is 15.0. The van der Waals surface area contributed by atoms with Crippen LogP contribution in [0.15, 0.2) is 35.5 Å². The zero-order valence-electron chi connectivity index (χ0n) is 14.2. The van der Waals surface area contributed by atoms with E-state index in [2.05, 4.69) is 33.6 Å². The molecule has 5 nitrogen and oxygen atoms in total. The number of hydrogen-bond donors (Lipinski definition) is 2. The van der Waals surface area contributed by atoms with E-state index in [1.54, 1.807) is 18.4 Å². The average molecular weight is 344 g/mol. The van der Waals surface area contributed by atoms with Crippen LogP contribution in [0.5, 0.6) is 5.75 Å². The van der Waals surface area contributed by atoms with Crippen molar-refractivity contribution in [3.8, 4) is 5.75 Å². The van der Waals surface area contributed by atoms with Crippen molar-refractivity contribution >= 4 is 17.3 Å². The van der Waals surface area contributed by atoms with Gasteiger partial charge in [-0.15, -0.1) is 11.3 Å². The van der Waals surface area contributed by atoms with Crippen LogP contribution in [-0.4, -0.2) is 24.6 Å². The molecule has 2 aromatic rings. The van der Waals surface area contributed by atoms with Gasteiger partial charge in [0.15, 0.2) is 5.96 Å². The van der Waals surface area contributed by atoms with Crippen molar-refractivity contribution in [3.63, 3.8) is 0 Å². The summed E-state index contributed by atoms with van der Waals surface area (Å²) in [7, 11) is 1.78. The Morgan fingerprint density at radius 1 is 1.29 bits per heavy atom. The van der Waals surface area contributed by atoms with Crippen LogP contribution >= 0.6 is 11.3 Å². The number of para-hydroxylation sites is 1. The maximum Gasteiger partial charge on any atom is 0.191 e. The second-order valence-electron chi connectivity index (χ2n) is 6.01. The molecule has 0 atom stereocenters. The van der Waals surface area contributed by atoms with Gasteiger partial charge in [-0.3, -0.25) is 4.99 Å². The fourth-order valence-corrected chi connectivity index (χ4v) is 3.05. The van der Waals surface area contributed by atoms with Crippen LogP contribution in [0.1, 0.15) is 28.3 Å². The number of aryl methyl sites for hydroxylation is 1. The minimum Gasteiger partial charge on any atom is -0.493 e. The van der Waals surface area contributed by atoms with Gasteiger partial charge in [-0.25, -0.2) is 4.98 Å². The number of aliphatic imine (C=N–C) groups is 1. The van der Waals surface area contributed by atoms with E-state index in [0.717, 1.165) is 34.8 Å². The third-order valence-corrected chi connectivity index (χ3v) is 4.80. The second-order valence-corrected chi connectivity index (χ2v) is 7.33. The number of nitrogens with zero attached hydrogens (tertiary/aromatic N) is 2. The number of aromatic nitrogens is 1. The molecule has 1 aliphatic rings. The van der Waals surface area contributed by atoms with Crippen molar-refractivity contribution in [3.05, 3.63) is 45.9 Å². The molecule has 1 aliphatic carbocycles. The van der Waals surface area contributed by atoms with Gasteiger partial charge >= 0.3 is 0 Å². The molecule has 0 bridgehead atoms. The van der Waals surface area contributed by atoms with Gasteiger partial charge in [0.2, 0.25) is 0 Å². The highest BCUT2D eigenvalue weighted by Crippen LogP contribution is 2.30. The highest BCUT2D eigenvalue weighted by molar-refractivity contribution is 7.11. The van der Waals surface area contributed by atoms with E-state index in [-0.39, 0.29) is 0 Å². The predicted molar refractivity (Wildman–Crippen MR) is 98.6 cm³/mol. The molecule has 0 aliphatic heterocycles. The summed E-state index contributed by atoms with van der Waals surface area (Å²) in [4.78, 5) is 9.84. The number of guanidine groups is 1. The van der Waals surface area contributed by atoms with Crippen LogP contribution < -0.4 is 15.4 Å². The van der Waals surface area contributed by atoms with Gasteiger partial charge < -0.3 is 15.4 Å². The van der Waals surface area contributed by atoms with E-state index >= 15 is 0 Å². The maximum atomic E-state index is 5.95. The Labute approximate surface area is 147 Å². The average Bonchev–Trinajstić information content (AvgIpc) is 3.34. The number of thiazole rings is 1. The summed E-state index contributed by atoms with van der Waals surface area (Å²) in [5, 5.41) is 7.70. The van der Waals surface area contributed by atoms with Crippen molar-refractivity contribution in [2.45, 2.75) is 32.9 Å². The number of rotatable bonds is 7. The minimum absolute atomic E-state index is 0.678. The molecule has 1 saturated carbocycles. The van der Waals surface area contributed by atoms with Gasteiger partial charge in [0.05, 0.1) is 13.2 Å². The summed E-state index contributed by atoms with van der Waals surface area (Å²) < 4.78 is 5.95. The van der Waals surface area contributed by atoms with E-state index in [1.807, 2.05) is 24.4 Å². The summed E-state index contributed by atoms with van der Waals surface area (Å²) >= 11 is 1.70. The molecule has 1 heterocycles. The smallest absolute Gasteiger partial charge is 0.191 e. The fraction of sp³-hybridized carbons (Fsp3) is 0.444. The lowest BCUT2D eigenvalue weighted by Crippen LogP contribution is -2.36. The fourth-order valence-electron chi connectivity index (χ4n) is 2.32. The normalized spacial score (nSPS) is 14.5. The van der Waals surface area contributed by atoms with Crippen LogP contribution in [0.2, 0.25) is 0 Å². The molecule has 1 aromatic heterocycles. The highest BCUT2D eigenvalue weighted by atomic mass is 32.1. The molecule has 0 amide bonds. The van der Waals surface area contributed by atoms with Crippen LogP contribution in [0.3, 0.4) is 0 Å². The van der Waals surface area contributed by atoms with Crippen molar-refractivity contribution in [1.29, 1.82) is 0 Å². The molecule has 0 spiro atoms. The number of hydrogen-bond acceptors (Lipinski definition) is 4. The molecule has 0 radical (unpaired) electrons. The van der Waals surface area contributed by atoms with Gasteiger partial charge in [0.25, 0.3) is 0 Å². The quantitative estimate of drug-likeness (QED) is 0.598. The lowest BCUT2D eigenvalue weighted by Gasteiger charge is -2.14. The second kappa shape index (κ2) is 8.15. The summed E-state index contributed by atoms with van der Waals surface area (Å²) in [5.41, 5.74) is 1.14. The number of benzene rings is 1. The molecule has 0 unspecified atom stereocenters. The van der Waals surface area contributed by atoms with Gasteiger partial charge in [-0.1, -0.05) is 18.2 Å². The first-order chi connectivity index (χ1) is 11.7. The van der Waals surface area contributed by atoms with Crippen LogP contribution in [0.25, 0.3) is 0 Å². The van der Waals surface area contributed by atoms with E-state index < -0.39 is 0 Å². The molecule has 3 rings (SSSR count). The standard InChI is InChI=1S/C18H24N4OS/c1-13-9-20-17(24-13)11-22-18(19-2)21-10-15-5-3-4-6-16(15)23-12-14-7-8-14/h3-6,9,14H,7-8,10-12H2,1-2H3,(H2,19,21,22). The van der Waals surface area contributed by atoms with Gasteiger partial charge in [-0.05, 0) is 31.7 Å². The van der Waals surface area contributed by atoms with Gasteiger partial charge in [-0.2, -0.15) is 0 Å². The molecule has 128 valence electrons. The molecule has 0 saturated heterocycles. The predicted octanol–water partition coefficient (Wildman–Crippen LogP) is 3.11. The summed E-state index contributed by atoms with van der Waals surface area (Å²) in [6.07, 6.45) is 4.49. The van der Waals surface area contributed by atoms with Crippen LogP contribution in [0.4, 0.5) is 0 Å². The first kappa shape index (κ1) is 16.8. The SMILES string of the molecule is CN=C(NCc1ncc(C)s1)NCc1ccccc1OCC1CC1. The van der Waals surface area contributed by atoms with Crippen LogP contribution in [0, 0.1) is 12.8 Å². The summed E-state index contributed by atoms with van der Waals surface area (Å²) in [5.74, 6) is 2.48. The molecular formula is C18H24N4OS. The Hall–Kier alpha value is -2.08. The minimum atomic E-state index is 0.678. The summed E-state index contributed by atoms with van der Waals surface area (Å²) in [6, 6.07) is 8.18. The highest BCUT2D eigenvalue weighted by Gasteiger charge is 2.22. The van der Waals surface area contributed by atoms with Gasteiger partial charge in [0.1, 0.15) is 10.8 Å². The Morgan fingerprint density at radius 2 is 2.08 bits per heavy atom. The van der Waals surface area contributed by atoms with Gasteiger partial charge in [0, 0.05) is 30.2 Å². The monoisotopic (exact) mass is 344 g/mol. The molecular weight excluding hydrogens is 320 g/mol. The number of ether oxygens (including phenoxy) is 1. The first-order valence-electron chi connectivity index (χ1n) is 8.31. The first-order valence-corrected chi connectivity index (χ1v) is 9.13. The van der Waals surface area contributed by atoms with E-state index in [1.165, 1.54) is 17.7 Å². The Morgan fingerprint density at radius 3 is 2.79 bits per heavy atom. The molecule has 24 heavy (non-hydrogen) atoms. The lowest BCUT2D eigenvalue weighted by atomic mass is 10.2. The van der Waals surface area contributed by atoms with Crippen molar-refractivity contribution < 1.29 is 4.74 Å². The van der Waals surface area contributed by atoms with E-state index in [0.29, 0.717) is 13.1 Å². The van der Waals surface area contributed by atoms with Crippen molar-refractivity contribution in [1.82, 2.24) is 15.6 Å². The van der Waals surface area contributed by atoms with E-state index in [9.17, 15) is 0 Å². The Balaban J connectivity index is 1.51. The Kier molecular flexibility index (Phi) is 5.69.